The maximum absolute atomic E-state index is 13.1. The second-order valence-corrected chi connectivity index (χ2v) is 10.1. The number of hydrogen-bond donors (Lipinski definition) is 3. The van der Waals surface area contributed by atoms with Gasteiger partial charge in [-0.25, -0.2) is 19.9 Å². The van der Waals surface area contributed by atoms with E-state index < -0.39 is 34.6 Å². The second-order valence-electron chi connectivity index (χ2n) is 8.64. The summed E-state index contributed by atoms with van der Waals surface area (Å²) < 4.78 is 39.2. The lowest BCUT2D eigenvalue weighted by Crippen LogP contribution is -2.48. The largest absolute Gasteiger partial charge is 0.418 e. The number of pyridine rings is 1. The Morgan fingerprint density at radius 3 is 2.54 bits per heavy atom. The Kier molecular flexibility index (Phi) is 8.94. The van der Waals surface area contributed by atoms with Gasteiger partial charge in [0, 0.05) is 51.5 Å². The SMILES string of the molecule is C[C@@H](NC(=O)c1cc(N2CCN(CCN)CC2)ncn1)c1ncc(C(=O)Nc2cc(C(F)(F)F)c(Cl)cn2)s1. The van der Waals surface area contributed by atoms with E-state index in [4.69, 9.17) is 17.3 Å². The summed E-state index contributed by atoms with van der Waals surface area (Å²) in [6.45, 7) is 6.31. The zero-order valence-corrected chi connectivity index (χ0v) is 22.3. The van der Waals surface area contributed by atoms with Crippen LogP contribution in [-0.4, -0.2) is 75.9 Å². The molecule has 1 aliphatic heterocycles. The van der Waals surface area contributed by atoms with Gasteiger partial charge >= 0.3 is 6.18 Å². The fraction of sp³-hybridized carbons (Fsp3) is 0.391. The molecule has 1 fully saturated rings. The number of rotatable bonds is 8. The molecule has 4 heterocycles. The van der Waals surface area contributed by atoms with Crippen LogP contribution in [0.2, 0.25) is 5.02 Å². The molecule has 0 bridgehead atoms. The number of carbonyl (C=O) groups is 2. The standard InChI is InChI=1S/C23H25ClF3N9O2S/c1-13(33-20(37)16-9-19(32-12-31-16)36-6-4-35(3-2-28)5-7-36)22-30-11-17(39-22)21(38)34-18-8-14(23(25,26)27)15(24)10-29-18/h8-13H,2-7,28H2,1H3,(H,33,37)(H,29,34,38)/t13-/m1/s1. The van der Waals surface area contributed by atoms with Crippen LogP contribution in [0.3, 0.4) is 0 Å². The van der Waals surface area contributed by atoms with E-state index in [0.29, 0.717) is 23.4 Å². The van der Waals surface area contributed by atoms with Crippen LogP contribution >= 0.6 is 22.9 Å². The lowest BCUT2D eigenvalue weighted by molar-refractivity contribution is -0.137. The summed E-state index contributed by atoms with van der Waals surface area (Å²) in [7, 11) is 0. The molecular weight excluding hydrogens is 559 g/mol. The van der Waals surface area contributed by atoms with Gasteiger partial charge in [0.25, 0.3) is 11.8 Å². The molecule has 16 heteroatoms. The number of piperazine rings is 1. The smallest absolute Gasteiger partial charge is 0.354 e. The Labute approximate surface area is 230 Å². The third-order valence-corrected chi connectivity index (χ3v) is 7.37. The van der Waals surface area contributed by atoms with Crippen molar-refractivity contribution in [2.45, 2.75) is 19.1 Å². The van der Waals surface area contributed by atoms with Gasteiger partial charge < -0.3 is 21.3 Å². The molecule has 0 unspecified atom stereocenters. The van der Waals surface area contributed by atoms with Crippen LogP contribution in [0.5, 0.6) is 0 Å². The van der Waals surface area contributed by atoms with Gasteiger partial charge in [0.2, 0.25) is 0 Å². The number of nitrogens with two attached hydrogens (primary N) is 1. The summed E-state index contributed by atoms with van der Waals surface area (Å²) in [6, 6.07) is 1.70. The number of amides is 2. The van der Waals surface area contributed by atoms with Crippen molar-refractivity contribution in [3.8, 4) is 0 Å². The maximum Gasteiger partial charge on any atom is 0.418 e. The number of alkyl halides is 3. The second kappa shape index (κ2) is 12.2. The highest BCUT2D eigenvalue weighted by atomic mass is 35.5. The van der Waals surface area contributed by atoms with E-state index in [1.165, 1.54) is 12.5 Å². The van der Waals surface area contributed by atoms with Gasteiger partial charge in [0.15, 0.2) is 0 Å². The van der Waals surface area contributed by atoms with Crippen LogP contribution in [0.1, 0.15) is 43.7 Å². The first-order chi connectivity index (χ1) is 18.5. The molecule has 1 aliphatic rings. The monoisotopic (exact) mass is 583 g/mol. The Balaban J connectivity index is 1.37. The lowest BCUT2D eigenvalue weighted by atomic mass is 10.2. The summed E-state index contributed by atoms with van der Waals surface area (Å²) in [6.07, 6.45) is -1.28. The van der Waals surface area contributed by atoms with E-state index in [1.807, 2.05) is 0 Å². The number of hydrogen-bond acceptors (Lipinski definition) is 10. The van der Waals surface area contributed by atoms with Crippen molar-refractivity contribution >= 4 is 46.4 Å². The average molecular weight is 584 g/mol. The van der Waals surface area contributed by atoms with Crippen molar-refractivity contribution in [2.24, 2.45) is 5.73 Å². The highest BCUT2D eigenvalue weighted by Crippen LogP contribution is 2.35. The van der Waals surface area contributed by atoms with Crippen molar-refractivity contribution in [3.05, 3.63) is 57.0 Å². The predicted molar refractivity (Wildman–Crippen MR) is 140 cm³/mol. The number of carbonyl (C=O) groups excluding carboxylic acids is 2. The minimum Gasteiger partial charge on any atom is -0.354 e. The third-order valence-electron chi connectivity index (χ3n) is 5.89. The molecule has 4 N–H and O–H groups in total. The number of halogens is 4. The quantitative estimate of drug-likeness (QED) is 0.365. The van der Waals surface area contributed by atoms with Crippen LogP contribution in [0.15, 0.2) is 30.9 Å². The molecule has 1 saturated heterocycles. The van der Waals surface area contributed by atoms with Crippen LogP contribution in [-0.2, 0) is 6.18 Å². The van der Waals surface area contributed by atoms with E-state index in [0.717, 1.165) is 50.3 Å². The molecule has 0 saturated carbocycles. The predicted octanol–water partition coefficient (Wildman–Crippen LogP) is 2.82. The van der Waals surface area contributed by atoms with Gasteiger partial charge in [0.1, 0.15) is 33.5 Å². The first-order valence-electron chi connectivity index (χ1n) is 11.8. The molecule has 1 atom stereocenters. The highest BCUT2D eigenvalue weighted by molar-refractivity contribution is 7.13. The molecule has 11 nitrogen and oxygen atoms in total. The zero-order chi connectivity index (χ0) is 28.2. The number of anilines is 2. The van der Waals surface area contributed by atoms with Crippen molar-refractivity contribution in [1.82, 2.24) is 30.2 Å². The molecule has 0 spiro atoms. The molecule has 4 rings (SSSR count). The Morgan fingerprint density at radius 2 is 1.85 bits per heavy atom. The van der Waals surface area contributed by atoms with Crippen molar-refractivity contribution in [1.29, 1.82) is 0 Å². The summed E-state index contributed by atoms with van der Waals surface area (Å²) in [5.41, 5.74) is 4.69. The number of aromatic nitrogens is 4. The molecular formula is C23H25ClF3N9O2S. The maximum atomic E-state index is 13.1. The number of thiazole rings is 1. The third kappa shape index (κ3) is 7.17. The summed E-state index contributed by atoms with van der Waals surface area (Å²) in [4.78, 5) is 46.2. The normalized spacial score (nSPS) is 15.2. The van der Waals surface area contributed by atoms with Gasteiger partial charge in [-0.15, -0.1) is 11.3 Å². The summed E-state index contributed by atoms with van der Waals surface area (Å²) >= 11 is 6.55. The van der Waals surface area contributed by atoms with Crippen molar-refractivity contribution in [3.63, 3.8) is 0 Å². The fourth-order valence-corrected chi connectivity index (χ4v) is 4.88. The summed E-state index contributed by atoms with van der Waals surface area (Å²) in [5.74, 6) is -0.812. The zero-order valence-electron chi connectivity index (χ0n) is 20.7. The van der Waals surface area contributed by atoms with Crippen LogP contribution < -0.4 is 21.3 Å². The van der Waals surface area contributed by atoms with Gasteiger partial charge in [-0.3, -0.25) is 14.5 Å². The van der Waals surface area contributed by atoms with Gasteiger partial charge in [-0.2, -0.15) is 13.2 Å². The topological polar surface area (TPSA) is 142 Å². The van der Waals surface area contributed by atoms with Crippen molar-refractivity contribution in [2.75, 3.05) is 49.5 Å². The average Bonchev–Trinajstić information content (AvgIpc) is 3.41. The highest BCUT2D eigenvalue weighted by Gasteiger charge is 2.34. The molecule has 0 radical (unpaired) electrons. The van der Waals surface area contributed by atoms with Gasteiger partial charge in [0.05, 0.1) is 22.8 Å². The van der Waals surface area contributed by atoms with Gasteiger partial charge in [-0.05, 0) is 13.0 Å². The van der Waals surface area contributed by atoms with Crippen LogP contribution in [0.25, 0.3) is 0 Å². The Hall–Kier alpha value is -3.40. The van der Waals surface area contributed by atoms with E-state index in [-0.39, 0.29) is 16.4 Å². The molecule has 2 amide bonds. The molecule has 3 aromatic rings. The Morgan fingerprint density at radius 1 is 1.10 bits per heavy atom. The van der Waals surface area contributed by atoms with Crippen LogP contribution in [0, 0.1) is 0 Å². The first-order valence-corrected chi connectivity index (χ1v) is 13.0. The van der Waals surface area contributed by atoms with E-state index in [1.54, 1.807) is 13.0 Å². The van der Waals surface area contributed by atoms with Crippen LogP contribution in [0.4, 0.5) is 24.8 Å². The van der Waals surface area contributed by atoms with E-state index in [9.17, 15) is 22.8 Å². The van der Waals surface area contributed by atoms with Crippen molar-refractivity contribution < 1.29 is 22.8 Å². The lowest BCUT2D eigenvalue weighted by Gasteiger charge is -2.35. The molecule has 0 aromatic carbocycles. The van der Waals surface area contributed by atoms with E-state index >= 15 is 0 Å². The van der Waals surface area contributed by atoms with Gasteiger partial charge in [-0.1, -0.05) is 11.6 Å². The molecule has 208 valence electrons. The summed E-state index contributed by atoms with van der Waals surface area (Å²) in [5, 5.41) is 4.94. The number of nitrogens with zero attached hydrogens (tertiary/aromatic N) is 6. The minimum absolute atomic E-state index is 0.120. The fourth-order valence-electron chi connectivity index (χ4n) is 3.85. The Bertz CT molecular complexity index is 1330. The molecule has 39 heavy (non-hydrogen) atoms. The molecule has 0 aliphatic carbocycles. The first kappa shape index (κ1) is 28.6. The number of nitrogens with one attached hydrogen (secondary N) is 2. The molecule has 3 aromatic heterocycles. The minimum atomic E-state index is -4.70. The van der Waals surface area contributed by atoms with E-state index in [2.05, 4.69) is 40.4 Å².